The summed E-state index contributed by atoms with van der Waals surface area (Å²) in [6.45, 7) is 7.07. The van der Waals surface area contributed by atoms with Gasteiger partial charge >= 0.3 is 0 Å². The van der Waals surface area contributed by atoms with E-state index < -0.39 is 15.6 Å². The Balaban J connectivity index is 1.99. The third-order valence-electron chi connectivity index (χ3n) is 6.93. The van der Waals surface area contributed by atoms with Crippen molar-refractivity contribution in [2.24, 2.45) is 0 Å². The van der Waals surface area contributed by atoms with Crippen LogP contribution in [0.4, 0.5) is 5.69 Å². The van der Waals surface area contributed by atoms with Gasteiger partial charge in [0.1, 0.15) is 5.54 Å². The van der Waals surface area contributed by atoms with Crippen LogP contribution in [0.5, 0.6) is 0 Å². The van der Waals surface area contributed by atoms with E-state index in [0.717, 1.165) is 36.8 Å². The maximum absolute atomic E-state index is 13.8. The second kappa shape index (κ2) is 10.6. The Bertz CT molecular complexity index is 970. The van der Waals surface area contributed by atoms with E-state index in [1.807, 2.05) is 32.0 Å². The standard InChI is InChI=1S/C25H39N3O4S/c1-5-15-33(31,32)27-17-23(29)28(22-16-19(2)13-14-20(22)3)25(4,18-27)24(30)26-21-11-9-7-6-8-10-12-21/h13-14,16,21H,5-12,15,17-18H2,1-4H3,(H,26,30)/t25-/m1/s1. The predicted molar refractivity (Wildman–Crippen MR) is 132 cm³/mol. The highest BCUT2D eigenvalue weighted by Gasteiger charge is 2.51. The van der Waals surface area contributed by atoms with E-state index in [2.05, 4.69) is 5.32 Å². The lowest BCUT2D eigenvalue weighted by Crippen LogP contribution is -2.71. The molecule has 1 atom stereocenters. The summed E-state index contributed by atoms with van der Waals surface area (Å²) >= 11 is 0. The number of benzene rings is 1. The second-order valence-electron chi connectivity index (χ2n) is 9.89. The van der Waals surface area contributed by atoms with Crippen LogP contribution in [-0.2, 0) is 19.6 Å². The van der Waals surface area contributed by atoms with Crippen molar-refractivity contribution < 1.29 is 18.0 Å². The molecule has 0 aromatic heterocycles. The summed E-state index contributed by atoms with van der Waals surface area (Å²) in [5.74, 6) is -0.687. The molecule has 1 saturated carbocycles. The number of anilines is 1. The van der Waals surface area contributed by atoms with Crippen molar-refractivity contribution in [3.8, 4) is 0 Å². The quantitative estimate of drug-likeness (QED) is 0.677. The molecule has 0 bridgehead atoms. The minimum absolute atomic E-state index is 0.0376. The summed E-state index contributed by atoms with van der Waals surface area (Å²) in [5, 5.41) is 3.20. The third kappa shape index (κ3) is 5.77. The summed E-state index contributed by atoms with van der Waals surface area (Å²) in [7, 11) is -3.63. The van der Waals surface area contributed by atoms with Crippen molar-refractivity contribution in [1.29, 1.82) is 0 Å². The normalized spacial score (nSPS) is 23.8. The van der Waals surface area contributed by atoms with Gasteiger partial charge < -0.3 is 5.32 Å². The highest BCUT2D eigenvalue weighted by molar-refractivity contribution is 7.89. The molecular weight excluding hydrogens is 438 g/mol. The lowest BCUT2D eigenvalue weighted by molar-refractivity contribution is -0.133. The molecule has 1 heterocycles. The molecular formula is C25H39N3O4S. The average Bonchev–Trinajstić information content (AvgIpc) is 2.71. The largest absolute Gasteiger partial charge is 0.351 e. The fourth-order valence-corrected chi connectivity index (χ4v) is 6.56. The minimum Gasteiger partial charge on any atom is -0.351 e. The molecule has 1 saturated heterocycles. The maximum Gasteiger partial charge on any atom is 0.247 e. The molecule has 7 nitrogen and oxygen atoms in total. The van der Waals surface area contributed by atoms with Crippen LogP contribution >= 0.6 is 0 Å². The first-order chi connectivity index (χ1) is 15.6. The highest BCUT2D eigenvalue weighted by Crippen LogP contribution is 2.34. The Morgan fingerprint density at radius 1 is 1.12 bits per heavy atom. The lowest BCUT2D eigenvalue weighted by Gasteiger charge is -2.47. The number of hydrogen-bond acceptors (Lipinski definition) is 4. The van der Waals surface area contributed by atoms with Gasteiger partial charge in [0.15, 0.2) is 0 Å². The van der Waals surface area contributed by atoms with E-state index in [1.54, 1.807) is 18.7 Å². The van der Waals surface area contributed by atoms with Gasteiger partial charge in [-0.1, -0.05) is 51.2 Å². The first-order valence-corrected chi connectivity index (χ1v) is 13.9. The van der Waals surface area contributed by atoms with E-state index in [9.17, 15) is 18.0 Å². The van der Waals surface area contributed by atoms with Crippen LogP contribution < -0.4 is 10.2 Å². The minimum atomic E-state index is -3.63. The van der Waals surface area contributed by atoms with Gasteiger partial charge in [0.05, 0.1) is 12.3 Å². The van der Waals surface area contributed by atoms with Gasteiger partial charge in [0.25, 0.3) is 0 Å². The number of nitrogens with one attached hydrogen (secondary N) is 1. The van der Waals surface area contributed by atoms with Crippen LogP contribution in [0.2, 0.25) is 0 Å². The number of aryl methyl sites for hydroxylation is 2. The first kappa shape index (κ1) is 25.7. The van der Waals surface area contributed by atoms with Crippen molar-refractivity contribution >= 4 is 27.5 Å². The SMILES string of the molecule is CCCS(=O)(=O)N1CC(=O)N(c2cc(C)ccc2C)[C@@](C)(C(=O)NC2CCCCCCC2)C1. The lowest BCUT2D eigenvalue weighted by atomic mass is 9.91. The van der Waals surface area contributed by atoms with Gasteiger partial charge in [-0.15, -0.1) is 0 Å². The number of nitrogens with zero attached hydrogens (tertiary/aromatic N) is 2. The van der Waals surface area contributed by atoms with Gasteiger partial charge in [-0.25, -0.2) is 8.42 Å². The highest BCUT2D eigenvalue weighted by atomic mass is 32.2. The van der Waals surface area contributed by atoms with Crippen molar-refractivity contribution in [1.82, 2.24) is 9.62 Å². The average molecular weight is 478 g/mol. The van der Waals surface area contributed by atoms with E-state index in [1.165, 1.54) is 23.6 Å². The Morgan fingerprint density at radius 2 is 1.76 bits per heavy atom. The summed E-state index contributed by atoms with van der Waals surface area (Å²) < 4.78 is 27.0. The van der Waals surface area contributed by atoms with Gasteiger partial charge in [-0.3, -0.25) is 14.5 Å². The number of rotatable bonds is 6. The molecule has 1 N–H and O–H groups in total. The number of carbonyl (C=O) groups excluding carboxylic acids is 2. The molecule has 1 aromatic carbocycles. The van der Waals surface area contributed by atoms with Crippen LogP contribution in [-0.4, -0.2) is 55.0 Å². The Morgan fingerprint density at radius 3 is 2.39 bits per heavy atom. The number of piperazine rings is 1. The molecule has 2 aliphatic rings. The molecule has 2 amide bonds. The number of sulfonamides is 1. The molecule has 3 rings (SSSR count). The molecule has 1 aliphatic heterocycles. The third-order valence-corrected chi connectivity index (χ3v) is 8.90. The second-order valence-corrected chi connectivity index (χ2v) is 12.0. The van der Waals surface area contributed by atoms with Gasteiger partial charge in [0.2, 0.25) is 21.8 Å². The van der Waals surface area contributed by atoms with Gasteiger partial charge in [0, 0.05) is 18.3 Å². The summed E-state index contributed by atoms with van der Waals surface area (Å²) in [6, 6.07) is 5.86. The van der Waals surface area contributed by atoms with Crippen LogP contribution in [0.3, 0.4) is 0 Å². The topological polar surface area (TPSA) is 86.8 Å². The fourth-order valence-electron chi connectivity index (χ4n) is 5.03. The number of carbonyl (C=O) groups is 2. The molecule has 8 heteroatoms. The van der Waals surface area contributed by atoms with Crippen molar-refractivity contribution in [2.45, 2.75) is 90.6 Å². The molecule has 0 radical (unpaired) electrons. The molecule has 0 spiro atoms. The summed E-state index contributed by atoms with van der Waals surface area (Å²) in [6.07, 6.45) is 7.99. The summed E-state index contributed by atoms with van der Waals surface area (Å²) in [5.41, 5.74) is 1.19. The van der Waals surface area contributed by atoms with Crippen molar-refractivity contribution in [3.63, 3.8) is 0 Å². The van der Waals surface area contributed by atoms with Crippen LogP contribution in [0.15, 0.2) is 18.2 Å². The molecule has 33 heavy (non-hydrogen) atoms. The van der Waals surface area contributed by atoms with Crippen LogP contribution in [0.25, 0.3) is 0 Å². The zero-order valence-corrected chi connectivity index (χ0v) is 21.3. The molecule has 0 unspecified atom stereocenters. The molecule has 1 aliphatic carbocycles. The number of amides is 2. The van der Waals surface area contributed by atoms with Crippen LogP contribution in [0.1, 0.15) is 76.3 Å². The van der Waals surface area contributed by atoms with Crippen LogP contribution in [0, 0.1) is 13.8 Å². The zero-order valence-electron chi connectivity index (χ0n) is 20.5. The fraction of sp³-hybridized carbons (Fsp3) is 0.680. The van der Waals surface area contributed by atoms with E-state index in [4.69, 9.17) is 0 Å². The molecule has 184 valence electrons. The smallest absolute Gasteiger partial charge is 0.247 e. The van der Waals surface area contributed by atoms with Crippen molar-refractivity contribution in [3.05, 3.63) is 29.3 Å². The Labute approximate surface area is 199 Å². The number of hydrogen-bond donors (Lipinski definition) is 1. The first-order valence-electron chi connectivity index (χ1n) is 12.3. The molecule has 2 fully saturated rings. The molecule has 1 aromatic rings. The van der Waals surface area contributed by atoms with Gasteiger partial charge in [-0.2, -0.15) is 4.31 Å². The maximum atomic E-state index is 13.8. The van der Waals surface area contributed by atoms with E-state index in [0.29, 0.717) is 12.1 Å². The van der Waals surface area contributed by atoms with E-state index >= 15 is 0 Å². The van der Waals surface area contributed by atoms with Crippen molar-refractivity contribution in [2.75, 3.05) is 23.7 Å². The van der Waals surface area contributed by atoms with E-state index in [-0.39, 0.29) is 36.7 Å². The monoisotopic (exact) mass is 477 g/mol. The Kier molecular flexibility index (Phi) is 8.22. The Hall–Kier alpha value is -1.93. The zero-order chi connectivity index (χ0) is 24.2. The predicted octanol–water partition coefficient (Wildman–Crippen LogP) is 3.68. The van der Waals surface area contributed by atoms with Gasteiger partial charge in [-0.05, 0) is 57.2 Å². The summed E-state index contributed by atoms with van der Waals surface area (Å²) in [4.78, 5) is 28.8.